The molecule has 1 aliphatic carbocycles. The number of fused-ring (bicyclic) bond motifs is 1. The number of hydrogen-bond donors (Lipinski definition) is 2. The monoisotopic (exact) mass is 369 g/mol. The highest BCUT2D eigenvalue weighted by Gasteiger charge is 2.46. The van der Waals surface area contributed by atoms with Crippen LogP contribution in [0, 0.1) is 0 Å². The van der Waals surface area contributed by atoms with Crippen LogP contribution in [-0.2, 0) is 10.2 Å². The molecule has 2 aromatic rings. The summed E-state index contributed by atoms with van der Waals surface area (Å²) in [5, 5.41) is 10.3. The van der Waals surface area contributed by atoms with Crippen molar-refractivity contribution in [2.75, 3.05) is 39.0 Å². The van der Waals surface area contributed by atoms with Crippen LogP contribution in [0.2, 0.25) is 0 Å². The quantitative estimate of drug-likeness (QED) is 0.833. The molecule has 0 radical (unpaired) electrons. The van der Waals surface area contributed by atoms with Crippen molar-refractivity contribution in [3.05, 3.63) is 29.5 Å². The summed E-state index contributed by atoms with van der Waals surface area (Å²) in [6, 6.07) is 5.30. The Hall–Kier alpha value is -2.74. The normalized spacial score (nSPS) is 19.7. The van der Waals surface area contributed by atoms with Crippen molar-refractivity contribution in [1.82, 2.24) is 19.8 Å². The lowest BCUT2D eigenvalue weighted by molar-refractivity contribution is -0.147. The molecule has 1 aromatic heterocycles. The topological polar surface area (TPSA) is 113 Å². The standard InChI is InChI=1S/C19H23N5O3/c1-23-7-9-24(10-8-23)16(25)15-13-11-12(19(17(26)27)5-2-6-19)3-4-14(13)21-18(20)22-15/h3-4,11H,2,5-10H2,1H3,(H,26,27)(H2,20,21,22). The lowest BCUT2D eigenvalue weighted by Gasteiger charge is -2.38. The molecule has 0 bridgehead atoms. The first-order valence-electron chi connectivity index (χ1n) is 9.20. The molecule has 1 saturated carbocycles. The summed E-state index contributed by atoms with van der Waals surface area (Å²) in [5.74, 6) is -0.960. The maximum atomic E-state index is 13.1. The number of aromatic nitrogens is 2. The van der Waals surface area contributed by atoms with E-state index in [0.29, 0.717) is 42.4 Å². The number of benzene rings is 1. The molecule has 1 saturated heterocycles. The van der Waals surface area contributed by atoms with Gasteiger partial charge in [0.15, 0.2) is 0 Å². The van der Waals surface area contributed by atoms with Gasteiger partial charge in [-0.25, -0.2) is 9.97 Å². The molecule has 8 heteroatoms. The third kappa shape index (κ3) is 2.90. The first kappa shape index (κ1) is 17.7. The van der Waals surface area contributed by atoms with Crippen LogP contribution >= 0.6 is 0 Å². The molecule has 4 rings (SSSR count). The van der Waals surface area contributed by atoms with Crippen molar-refractivity contribution in [1.29, 1.82) is 0 Å². The van der Waals surface area contributed by atoms with Crippen molar-refractivity contribution in [2.24, 2.45) is 0 Å². The fraction of sp³-hybridized carbons (Fsp3) is 0.474. The van der Waals surface area contributed by atoms with E-state index in [1.54, 1.807) is 23.1 Å². The molecule has 1 aromatic carbocycles. The number of likely N-dealkylation sites (N-methyl/N-ethyl adjacent to an activating group) is 1. The van der Waals surface area contributed by atoms with E-state index < -0.39 is 11.4 Å². The Morgan fingerprint density at radius 2 is 1.85 bits per heavy atom. The molecular formula is C19H23N5O3. The largest absolute Gasteiger partial charge is 0.481 e. The Balaban J connectivity index is 1.78. The molecule has 2 fully saturated rings. The van der Waals surface area contributed by atoms with E-state index >= 15 is 0 Å². The van der Waals surface area contributed by atoms with Crippen molar-refractivity contribution in [3.63, 3.8) is 0 Å². The first-order chi connectivity index (χ1) is 12.9. The number of hydrogen-bond acceptors (Lipinski definition) is 6. The predicted octanol–water partition coefficient (Wildman–Crippen LogP) is 1.11. The van der Waals surface area contributed by atoms with Crippen molar-refractivity contribution < 1.29 is 14.7 Å². The van der Waals surface area contributed by atoms with Crippen LogP contribution in [0.1, 0.15) is 35.3 Å². The van der Waals surface area contributed by atoms with Gasteiger partial charge < -0.3 is 20.6 Å². The number of piperazine rings is 1. The maximum Gasteiger partial charge on any atom is 0.314 e. The molecule has 1 aliphatic heterocycles. The Kier molecular flexibility index (Phi) is 4.22. The summed E-state index contributed by atoms with van der Waals surface area (Å²) in [4.78, 5) is 37.3. The molecule has 0 spiro atoms. The molecule has 27 heavy (non-hydrogen) atoms. The van der Waals surface area contributed by atoms with Crippen LogP contribution in [0.25, 0.3) is 10.9 Å². The molecule has 0 unspecified atom stereocenters. The van der Waals surface area contributed by atoms with Crippen molar-refractivity contribution in [3.8, 4) is 0 Å². The minimum absolute atomic E-state index is 0.0457. The van der Waals surface area contributed by atoms with Crippen LogP contribution in [0.4, 0.5) is 5.95 Å². The summed E-state index contributed by atoms with van der Waals surface area (Å²) >= 11 is 0. The van der Waals surface area contributed by atoms with Gasteiger partial charge in [-0.2, -0.15) is 0 Å². The number of carboxylic acid groups (broad SMARTS) is 1. The third-order valence-electron chi connectivity index (χ3n) is 5.88. The molecule has 142 valence electrons. The third-order valence-corrected chi connectivity index (χ3v) is 5.88. The summed E-state index contributed by atoms with van der Waals surface area (Å²) in [7, 11) is 2.02. The number of amides is 1. The summed E-state index contributed by atoms with van der Waals surface area (Å²) in [5.41, 5.74) is 6.47. The van der Waals surface area contributed by atoms with E-state index in [2.05, 4.69) is 14.9 Å². The number of aliphatic carboxylic acids is 1. The highest BCUT2D eigenvalue weighted by molar-refractivity contribution is 6.05. The van der Waals surface area contributed by atoms with Crippen LogP contribution in [0.5, 0.6) is 0 Å². The lowest BCUT2D eigenvalue weighted by atomic mass is 9.64. The number of nitrogens with two attached hydrogens (primary N) is 1. The number of anilines is 1. The number of carboxylic acids is 1. The minimum Gasteiger partial charge on any atom is -0.481 e. The number of rotatable bonds is 3. The number of nitrogens with zero attached hydrogens (tertiary/aromatic N) is 4. The fourth-order valence-electron chi connectivity index (χ4n) is 3.92. The van der Waals surface area contributed by atoms with Crippen LogP contribution in [0.3, 0.4) is 0 Å². The molecule has 8 nitrogen and oxygen atoms in total. The average molecular weight is 369 g/mol. The van der Waals surface area contributed by atoms with E-state index in [9.17, 15) is 14.7 Å². The molecule has 2 heterocycles. The lowest BCUT2D eigenvalue weighted by Crippen LogP contribution is -2.47. The molecule has 1 amide bonds. The summed E-state index contributed by atoms with van der Waals surface area (Å²) in [6.45, 7) is 2.86. The predicted molar refractivity (Wildman–Crippen MR) is 101 cm³/mol. The van der Waals surface area contributed by atoms with E-state index in [1.165, 1.54) is 0 Å². The maximum absolute atomic E-state index is 13.1. The van der Waals surface area contributed by atoms with E-state index in [1.807, 2.05) is 7.05 Å². The first-order valence-corrected chi connectivity index (χ1v) is 9.20. The van der Waals surface area contributed by atoms with E-state index in [-0.39, 0.29) is 17.5 Å². The van der Waals surface area contributed by atoms with Gasteiger partial charge in [-0.15, -0.1) is 0 Å². The second-order valence-corrected chi connectivity index (χ2v) is 7.50. The van der Waals surface area contributed by atoms with Gasteiger partial charge in [0.2, 0.25) is 5.95 Å². The van der Waals surface area contributed by atoms with Gasteiger partial charge in [0, 0.05) is 31.6 Å². The number of carbonyl (C=O) groups excluding carboxylic acids is 1. The molecule has 2 aliphatic rings. The Morgan fingerprint density at radius 1 is 1.15 bits per heavy atom. The Bertz CT molecular complexity index is 917. The Labute approximate surface area is 157 Å². The minimum atomic E-state index is -0.871. The fourth-order valence-corrected chi connectivity index (χ4v) is 3.92. The van der Waals surface area contributed by atoms with Gasteiger partial charge in [0.25, 0.3) is 5.91 Å². The van der Waals surface area contributed by atoms with Gasteiger partial charge in [-0.05, 0) is 37.6 Å². The summed E-state index contributed by atoms with van der Waals surface area (Å²) in [6.07, 6.45) is 2.09. The molecular weight excluding hydrogens is 346 g/mol. The van der Waals surface area contributed by atoms with E-state index in [0.717, 1.165) is 19.5 Å². The molecule has 0 atom stereocenters. The smallest absolute Gasteiger partial charge is 0.314 e. The zero-order chi connectivity index (χ0) is 19.2. The second-order valence-electron chi connectivity index (χ2n) is 7.50. The van der Waals surface area contributed by atoms with Gasteiger partial charge >= 0.3 is 5.97 Å². The van der Waals surface area contributed by atoms with Crippen LogP contribution in [-0.4, -0.2) is 70.0 Å². The SMILES string of the molecule is CN1CCN(C(=O)c2nc(N)nc3ccc(C4(C(=O)O)CCC4)cc23)CC1. The van der Waals surface area contributed by atoms with Gasteiger partial charge in [0.05, 0.1) is 10.9 Å². The average Bonchev–Trinajstić information content (AvgIpc) is 2.60. The zero-order valence-electron chi connectivity index (χ0n) is 15.3. The number of carbonyl (C=O) groups is 2. The van der Waals surface area contributed by atoms with Crippen LogP contribution < -0.4 is 5.73 Å². The highest BCUT2D eigenvalue weighted by Crippen LogP contribution is 2.44. The van der Waals surface area contributed by atoms with E-state index in [4.69, 9.17) is 5.73 Å². The van der Waals surface area contributed by atoms with Gasteiger partial charge in [0.1, 0.15) is 5.69 Å². The van der Waals surface area contributed by atoms with Crippen LogP contribution in [0.15, 0.2) is 18.2 Å². The number of nitrogen functional groups attached to an aromatic ring is 1. The molecule has 3 N–H and O–H groups in total. The van der Waals surface area contributed by atoms with Crippen molar-refractivity contribution >= 4 is 28.7 Å². The van der Waals surface area contributed by atoms with Gasteiger partial charge in [-0.3, -0.25) is 9.59 Å². The van der Waals surface area contributed by atoms with Gasteiger partial charge in [-0.1, -0.05) is 12.5 Å². The Morgan fingerprint density at radius 3 is 2.44 bits per heavy atom. The zero-order valence-corrected chi connectivity index (χ0v) is 15.3. The summed E-state index contributed by atoms with van der Waals surface area (Å²) < 4.78 is 0. The van der Waals surface area contributed by atoms with Crippen molar-refractivity contribution in [2.45, 2.75) is 24.7 Å². The second kappa shape index (κ2) is 6.45. The highest BCUT2D eigenvalue weighted by atomic mass is 16.4.